The van der Waals surface area contributed by atoms with Crippen molar-refractivity contribution in [1.29, 1.82) is 0 Å². The predicted octanol–water partition coefficient (Wildman–Crippen LogP) is 2.74. The molecule has 5 nitrogen and oxygen atoms in total. The van der Waals surface area contributed by atoms with Crippen LogP contribution >= 0.6 is 11.3 Å². The lowest BCUT2D eigenvalue weighted by molar-refractivity contribution is 0.0704. The fraction of sp³-hybridized carbons (Fsp3) is 0.600. The first-order chi connectivity index (χ1) is 11.2. The van der Waals surface area contributed by atoms with Crippen LogP contribution < -0.4 is 0 Å². The number of thiophene rings is 1. The molecule has 0 saturated carbocycles. The van der Waals surface area contributed by atoms with E-state index >= 15 is 0 Å². The smallest absolute Gasteiger partial charge is 0.257 e. The minimum atomic E-state index is -2.46. The molecule has 1 aliphatic carbocycles. The van der Waals surface area contributed by atoms with Gasteiger partial charge in [0.2, 0.25) is 5.89 Å². The summed E-state index contributed by atoms with van der Waals surface area (Å²) in [7, 11) is 0. The molecule has 126 valence electrons. The number of aliphatic hydroxyl groups excluding tert-OH is 1. The first-order valence-electron chi connectivity index (χ1n) is 7.71. The van der Waals surface area contributed by atoms with Gasteiger partial charge in [-0.05, 0) is 37.3 Å². The number of alkyl halides is 2. The molecule has 2 heterocycles. The van der Waals surface area contributed by atoms with E-state index in [0.29, 0.717) is 11.8 Å². The van der Waals surface area contributed by atoms with Crippen LogP contribution in [0.25, 0.3) is 10.8 Å². The standard InChI is InChI=1S/C15H19F2N3O2S/c16-13(17)8-20(5-6-21)9-14-18-19-15(22-14)12-7-10-3-1-2-4-11(10)23-12/h7,13,21H,1-6,8-9H2. The van der Waals surface area contributed by atoms with Gasteiger partial charge in [0.15, 0.2) is 0 Å². The SMILES string of the molecule is OCCN(Cc1nnc(-c2cc3c(s2)CCCC3)o1)CC(F)F. The van der Waals surface area contributed by atoms with E-state index < -0.39 is 13.0 Å². The van der Waals surface area contributed by atoms with Gasteiger partial charge < -0.3 is 9.52 Å². The fourth-order valence-electron chi connectivity index (χ4n) is 2.78. The van der Waals surface area contributed by atoms with Crippen molar-refractivity contribution in [2.24, 2.45) is 0 Å². The minimum absolute atomic E-state index is 0.114. The van der Waals surface area contributed by atoms with Crippen LogP contribution in [0.3, 0.4) is 0 Å². The lowest BCUT2D eigenvalue weighted by Crippen LogP contribution is -2.31. The molecule has 1 aliphatic rings. The average Bonchev–Trinajstić information content (AvgIpc) is 3.12. The first-order valence-corrected chi connectivity index (χ1v) is 8.53. The lowest BCUT2D eigenvalue weighted by Gasteiger charge is -2.18. The largest absolute Gasteiger partial charge is 0.419 e. The van der Waals surface area contributed by atoms with Crippen molar-refractivity contribution in [3.63, 3.8) is 0 Å². The Balaban J connectivity index is 1.70. The van der Waals surface area contributed by atoms with Crippen molar-refractivity contribution < 1.29 is 18.3 Å². The van der Waals surface area contributed by atoms with Crippen molar-refractivity contribution in [1.82, 2.24) is 15.1 Å². The van der Waals surface area contributed by atoms with E-state index in [1.54, 1.807) is 11.3 Å². The van der Waals surface area contributed by atoms with Gasteiger partial charge in [0.25, 0.3) is 12.3 Å². The van der Waals surface area contributed by atoms with E-state index in [-0.39, 0.29) is 19.7 Å². The molecule has 0 saturated heterocycles. The monoisotopic (exact) mass is 343 g/mol. The van der Waals surface area contributed by atoms with Gasteiger partial charge in [0.05, 0.1) is 24.6 Å². The summed E-state index contributed by atoms with van der Waals surface area (Å²) in [6.45, 7) is -0.352. The summed E-state index contributed by atoms with van der Waals surface area (Å²) >= 11 is 1.67. The minimum Gasteiger partial charge on any atom is -0.419 e. The third-order valence-electron chi connectivity index (χ3n) is 3.85. The van der Waals surface area contributed by atoms with Gasteiger partial charge >= 0.3 is 0 Å². The molecule has 2 aromatic heterocycles. The topological polar surface area (TPSA) is 62.4 Å². The summed E-state index contributed by atoms with van der Waals surface area (Å²) < 4.78 is 30.7. The van der Waals surface area contributed by atoms with Crippen LogP contribution in [0.5, 0.6) is 0 Å². The lowest BCUT2D eigenvalue weighted by atomic mass is 9.99. The molecule has 8 heteroatoms. The number of nitrogens with zero attached hydrogens (tertiary/aromatic N) is 3. The molecule has 0 amide bonds. The zero-order chi connectivity index (χ0) is 16.2. The van der Waals surface area contributed by atoms with Gasteiger partial charge in [0.1, 0.15) is 0 Å². The Bertz CT molecular complexity index is 621. The molecule has 0 bridgehead atoms. The van der Waals surface area contributed by atoms with Crippen molar-refractivity contribution in [2.75, 3.05) is 19.7 Å². The van der Waals surface area contributed by atoms with Crippen LogP contribution in [-0.4, -0.2) is 46.3 Å². The molecule has 0 fully saturated rings. The van der Waals surface area contributed by atoms with Crippen molar-refractivity contribution in [3.05, 3.63) is 22.4 Å². The number of halogens is 2. The van der Waals surface area contributed by atoms with Gasteiger partial charge in [0, 0.05) is 11.4 Å². The fourth-order valence-corrected chi connectivity index (χ4v) is 3.95. The number of fused-ring (bicyclic) bond motifs is 1. The van der Waals surface area contributed by atoms with Crippen LogP contribution in [0.1, 0.15) is 29.2 Å². The Hall–Kier alpha value is -1.38. The van der Waals surface area contributed by atoms with Gasteiger partial charge in [-0.1, -0.05) is 0 Å². The Kier molecular flexibility index (Phi) is 5.34. The summed E-state index contributed by atoms with van der Waals surface area (Å²) in [5.41, 5.74) is 1.36. The summed E-state index contributed by atoms with van der Waals surface area (Å²) in [6, 6.07) is 2.10. The number of hydrogen-bond donors (Lipinski definition) is 1. The maximum atomic E-state index is 12.5. The number of hydrogen-bond acceptors (Lipinski definition) is 6. The van der Waals surface area contributed by atoms with Crippen LogP contribution in [0.4, 0.5) is 8.78 Å². The molecular formula is C15H19F2N3O2S. The van der Waals surface area contributed by atoms with Crippen molar-refractivity contribution >= 4 is 11.3 Å². The van der Waals surface area contributed by atoms with Crippen molar-refractivity contribution in [2.45, 2.75) is 38.7 Å². The summed E-state index contributed by atoms with van der Waals surface area (Å²) in [5, 5.41) is 16.9. The summed E-state index contributed by atoms with van der Waals surface area (Å²) in [6.07, 6.45) is 2.15. The van der Waals surface area contributed by atoms with Crippen LogP contribution in [0, 0.1) is 0 Å². The molecule has 0 aliphatic heterocycles. The van der Waals surface area contributed by atoms with E-state index in [9.17, 15) is 8.78 Å². The highest BCUT2D eigenvalue weighted by molar-refractivity contribution is 7.15. The Morgan fingerprint density at radius 2 is 2.13 bits per heavy atom. The van der Waals surface area contributed by atoms with Crippen molar-refractivity contribution in [3.8, 4) is 10.8 Å². The number of aromatic nitrogens is 2. The van der Waals surface area contributed by atoms with E-state index in [2.05, 4.69) is 16.3 Å². The molecule has 0 spiro atoms. The molecule has 0 atom stereocenters. The second-order valence-corrected chi connectivity index (χ2v) is 6.75. The van der Waals surface area contributed by atoms with E-state index in [4.69, 9.17) is 9.52 Å². The molecule has 0 radical (unpaired) electrons. The maximum absolute atomic E-state index is 12.5. The number of aliphatic hydroxyl groups is 1. The van der Waals surface area contributed by atoms with Gasteiger partial charge in [-0.15, -0.1) is 21.5 Å². The highest BCUT2D eigenvalue weighted by atomic mass is 32.1. The highest BCUT2D eigenvalue weighted by Gasteiger charge is 2.19. The number of aryl methyl sites for hydroxylation is 2. The Labute approximate surface area is 136 Å². The van der Waals surface area contributed by atoms with Crippen LogP contribution in [0.15, 0.2) is 10.5 Å². The Morgan fingerprint density at radius 1 is 1.30 bits per heavy atom. The quantitative estimate of drug-likeness (QED) is 0.837. The van der Waals surface area contributed by atoms with Gasteiger partial charge in [-0.3, -0.25) is 4.90 Å². The second kappa shape index (κ2) is 7.46. The van der Waals surface area contributed by atoms with Crippen LogP contribution in [-0.2, 0) is 19.4 Å². The third kappa shape index (κ3) is 4.13. The van der Waals surface area contributed by atoms with Gasteiger partial charge in [-0.2, -0.15) is 0 Å². The summed E-state index contributed by atoms with van der Waals surface area (Å²) in [4.78, 5) is 3.73. The molecule has 0 unspecified atom stereocenters. The summed E-state index contributed by atoms with van der Waals surface area (Å²) in [5.74, 6) is 0.737. The highest BCUT2D eigenvalue weighted by Crippen LogP contribution is 2.35. The molecule has 0 aromatic carbocycles. The molecule has 1 N–H and O–H groups in total. The average molecular weight is 343 g/mol. The first kappa shape index (κ1) is 16.5. The molecule has 23 heavy (non-hydrogen) atoms. The Morgan fingerprint density at radius 3 is 2.87 bits per heavy atom. The molecular weight excluding hydrogens is 324 g/mol. The second-order valence-electron chi connectivity index (χ2n) is 5.62. The maximum Gasteiger partial charge on any atom is 0.257 e. The predicted molar refractivity (Wildman–Crippen MR) is 82.6 cm³/mol. The van der Waals surface area contributed by atoms with Crippen LogP contribution in [0.2, 0.25) is 0 Å². The molecule has 2 aromatic rings. The van der Waals surface area contributed by atoms with E-state index in [0.717, 1.165) is 17.7 Å². The normalized spacial score (nSPS) is 14.7. The van der Waals surface area contributed by atoms with E-state index in [1.165, 1.54) is 28.2 Å². The van der Waals surface area contributed by atoms with Gasteiger partial charge in [-0.25, -0.2) is 8.78 Å². The molecule has 3 rings (SSSR count). The van der Waals surface area contributed by atoms with E-state index in [1.807, 2.05) is 0 Å². The number of rotatable bonds is 7. The third-order valence-corrected chi connectivity index (χ3v) is 5.07. The zero-order valence-electron chi connectivity index (χ0n) is 12.7. The zero-order valence-corrected chi connectivity index (χ0v) is 13.5.